The van der Waals surface area contributed by atoms with Crippen LogP contribution in [0.15, 0.2) is 22.7 Å². The largest absolute Gasteiger partial charge is 0.381 e. The van der Waals surface area contributed by atoms with Crippen LogP contribution in [-0.4, -0.2) is 19.1 Å². The Morgan fingerprint density at radius 2 is 2.41 bits per heavy atom. The SMILES string of the molecule is CCc1cc(Br)ccc1NC(=O)C1CCOC1. The van der Waals surface area contributed by atoms with Crippen molar-refractivity contribution >= 4 is 27.5 Å². The van der Waals surface area contributed by atoms with Gasteiger partial charge in [0.1, 0.15) is 0 Å². The number of benzene rings is 1. The van der Waals surface area contributed by atoms with E-state index in [9.17, 15) is 4.79 Å². The van der Waals surface area contributed by atoms with Gasteiger partial charge in [0.25, 0.3) is 0 Å². The van der Waals surface area contributed by atoms with Crippen LogP contribution in [0.3, 0.4) is 0 Å². The molecule has 0 bridgehead atoms. The number of aryl methyl sites for hydroxylation is 1. The van der Waals surface area contributed by atoms with Crippen molar-refractivity contribution in [2.24, 2.45) is 5.92 Å². The number of amides is 1. The zero-order chi connectivity index (χ0) is 12.3. The molecule has 4 heteroatoms. The Hall–Kier alpha value is -0.870. The van der Waals surface area contributed by atoms with Crippen molar-refractivity contribution < 1.29 is 9.53 Å². The second kappa shape index (κ2) is 5.65. The highest BCUT2D eigenvalue weighted by molar-refractivity contribution is 9.10. The third-order valence-corrected chi connectivity index (χ3v) is 3.50. The van der Waals surface area contributed by atoms with Gasteiger partial charge in [-0.3, -0.25) is 4.79 Å². The lowest BCUT2D eigenvalue weighted by atomic mass is 10.1. The molecule has 0 radical (unpaired) electrons. The summed E-state index contributed by atoms with van der Waals surface area (Å²) in [6, 6.07) is 5.93. The van der Waals surface area contributed by atoms with Crippen molar-refractivity contribution in [2.45, 2.75) is 19.8 Å². The highest BCUT2D eigenvalue weighted by Crippen LogP contribution is 2.23. The van der Waals surface area contributed by atoms with Crippen LogP contribution in [0.4, 0.5) is 5.69 Å². The number of carbonyl (C=O) groups is 1. The number of anilines is 1. The van der Waals surface area contributed by atoms with E-state index in [2.05, 4.69) is 28.2 Å². The molecule has 17 heavy (non-hydrogen) atoms. The van der Waals surface area contributed by atoms with E-state index < -0.39 is 0 Å². The van der Waals surface area contributed by atoms with Gasteiger partial charge in [-0.2, -0.15) is 0 Å². The smallest absolute Gasteiger partial charge is 0.229 e. The molecule has 0 aromatic heterocycles. The molecule has 1 N–H and O–H groups in total. The molecule has 92 valence electrons. The van der Waals surface area contributed by atoms with E-state index in [0.29, 0.717) is 13.2 Å². The molecular formula is C13H16BrNO2. The summed E-state index contributed by atoms with van der Waals surface area (Å²) in [7, 11) is 0. The van der Waals surface area contributed by atoms with Gasteiger partial charge in [-0.25, -0.2) is 0 Å². The maximum Gasteiger partial charge on any atom is 0.229 e. The first-order chi connectivity index (χ1) is 8.20. The standard InChI is InChI=1S/C13H16BrNO2/c1-2-9-7-11(14)3-4-12(9)15-13(16)10-5-6-17-8-10/h3-4,7,10H,2,5-6,8H2,1H3,(H,15,16). The molecule has 1 atom stereocenters. The van der Waals surface area contributed by atoms with E-state index >= 15 is 0 Å². The number of hydrogen-bond donors (Lipinski definition) is 1. The molecule has 3 nitrogen and oxygen atoms in total. The average molecular weight is 298 g/mol. The normalized spacial score (nSPS) is 19.3. The van der Waals surface area contributed by atoms with Gasteiger partial charge in [-0.15, -0.1) is 0 Å². The third kappa shape index (κ3) is 3.07. The summed E-state index contributed by atoms with van der Waals surface area (Å²) in [5.41, 5.74) is 2.05. The first-order valence-electron chi connectivity index (χ1n) is 5.87. The van der Waals surface area contributed by atoms with Crippen LogP contribution >= 0.6 is 15.9 Å². The Labute approximate surface area is 110 Å². The summed E-state index contributed by atoms with van der Waals surface area (Å²) in [4.78, 5) is 12.0. The maximum absolute atomic E-state index is 12.0. The predicted octanol–water partition coefficient (Wildman–Crippen LogP) is 2.99. The van der Waals surface area contributed by atoms with E-state index in [0.717, 1.165) is 28.6 Å². The molecule has 1 amide bonds. The molecular weight excluding hydrogens is 282 g/mol. The Kier molecular flexibility index (Phi) is 4.18. The van der Waals surface area contributed by atoms with Crippen molar-refractivity contribution in [2.75, 3.05) is 18.5 Å². The summed E-state index contributed by atoms with van der Waals surface area (Å²) in [5.74, 6) is 0.0721. The maximum atomic E-state index is 12.0. The van der Waals surface area contributed by atoms with Crippen LogP contribution in [0.1, 0.15) is 18.9 Å². The Morgan fingerprint density at radius 3 is 3.06 bits per heavy atom. The van der Waals surface area contributed by atoms with Crippen molar-refractivity contribution in [3.63, 3.8) is 0 Å². The van der Waals surface area contributed by atoms with Crippen molar-refractivity contribution in [3.8, 4) is 0 Å². The molecule has 0 aliphatic carbocycles. The number of ether oxygens (including phenoxy) is 1. The van der Waals surface area contributed by atoms with Gasteiger partial charge in [-0.1, -0.05) is 22.9 Å². The number of carbonyl (C=O) groups excluding carboxylic acids is 1. The van der Waals surface area contributed by atoms with Gasteiger partial charge in [0, 0.05) is 16.8 Å². The average Bonchev–Trinajstić information content (AvgIpc) is 2.85. The topological polar surface area (TPSA) is 38.3 Å². The molecule has 1 unspecified atom stereocenters. The van der Waals surface area contributed by atoms with Crippen LogP contribution in [0.25, 0.3) is 0 Å². The van der Waals surface area contributed by atoms with Crippen molar-refractivity contribution in [3.05, 3.63) is 28.2 Å². The molecule has 1 aromatic rings. The molecule has 1 aliphatic rings. The quantitative estimate of drug-likeness (QED) is 0.931. The molecule has 0 saturated carbocycles. The number of rotatable bonds is 3. The summed E-state index contributed by atoms with van der Waals surface area (Å²) in [5, 5.41) is 2.99. The van der Waals surface area contributed by atoms with Gasteiger partial charge < -0.3 is 10.1 Å². The van der Waals surface area contributed by atoms with E-state index in [4.69, 9.17) is 4.74 Å². The van der Waals surface area contributed by atoms with Crippen LogP contribution in [-0.2, 0) is 16.0 Å². The zero-order valence-electron chi connectivity index (χ0n) is 9.83. The molecule has 0 spiro atoms. The first-order valence-corrected chi connectivity index (χ1v) is 6.67. The fraction of sp³-hybridized carbons (Fsp3) is 0.462. The lowest BCUT2D eigenvalue weighted by Gasteiger charge is -2.13. The van der Waals surface area contributed by atoms with Gasteiger partial charge in [0.2, 0.25) is 5.91 Å². The Bertz CT molecular complexity index is 414. The molecule has 1 aromatic carbocycles. The first kappa shape index (κ1) is 12.6. The van der Waals surface area contributed by atoms with Gasteiger partial charge in [0.15, 0.2) is 0 Å². The summed E-state index contributed by atoms with van der Waals surface area (Å²) >= 11 is 3.44. The number of halogens is 1. The Morgan fingerprint density at radius 1 is 1.59 bits per heavy atom. The van der Waals surface area contributed by atoms with Gasteiger partial charge in [-0.05, 0) is 36.6 Å². The highest BCUT2D eigenvalue weighted by atomic mass is 79.9. The fourth-order valence-electron chi connectivity index (χ4n) is 1.95. The molecule has 1 heterocycles. The van der Waals surface area contributed by atoms with E-state index in [-0.39, 0.29) is 11.8 Å². The monoisotopic (exact) mass is 297 g/mol. The minimum atomic E-state index is 0.00310. The van der Waals surface area contributed by atoms with Crippen LogP contribution in [0, 0.1) is 5.92 Å². The zero-order valence-corrected chi connectivity index (χ0v) is 11.4. The molecule has 1 aliphatic heterocycles. The minimum absolute atomic E-state index is 0.00310. The minimum Gasteiger partial charge on any atom is -0.381 e. The highest BCUT2D eigenvalue weighted by Gasteiger charge is 2.23. The second-order valence-corrected chi connectivity index (χ2v) is 5.12. The van der Waals surface area contributed by atoms with Crippen LogP contribution in [0.5, 0.6) is 0 Å². The lowest BCUT2D eigenvalue weighted by Crippen LogP contribution is -2.23. The third-order valence-electron chi connectivity index (χ3n) is 3.01. The summed E-state index contributed by atoms with van der Waals surface area (Å²) in [6.07, 6.45) is 1.72. The van der Waals surface area contributed by atoms with E-state index in [1.165, 1.54) is 0 Å². The van der Waals surface area contributed by atoms with Crippen LogP contribution < -0.4 is 5.32 Å². The van der Waals surface area contributed by atoms with Gasteiger partial charge in [0.05, 0.1) is 12.5 Å². The van der Waals surface area contributed by atoms with Crippen molar-refractivity contribution in [1.82, 2.24) is 0 Å². The molecule has 2 rings (SSSR count). The molecule has 1 saturated heterocycles. The van der Waals surface area contributed by atoms with Crippen LogP contribution in [0.2, 0.25) is 0 Å². The molecule has 1 fully saturated rings. The Balaban J connectivity index is 2.09. The second-order valence-electron chi connectivity index (χ2n) is 4.20. The number of nitrogens with one attached hydrogen (secondary N) is 1. The van der Waals surface area contributed by atoms with E-state index in [1.54, 1.807) is 0 Å². The fourth-order valence-corrected chi connectivity index (χ4v) is 2.36. The summed E-state index contributed by atoms with van der Waals surface area (Å²) < 4.78 is 6.26. The summed E-state index contributed by atoms with van der Waals surface area (Å²) in [6.45, 7) is 3.32. The lowest BCUT2D eigenvalue weighted by molar-refractivity contribution is -0.119. The van der Waals surface area contributed by atoms with Crippen molar-refractivity contribution in [1.29, 1.82) is 0 Å². The predicted molar refractivity (Wildman–Crippen MR) is 71.1 cm³/mol. The van der Waals surface area contributed by atoms with Gasteiger partial charge >= 0.3 is 0 Å². The van der Waals surface area contributed by atoms with E-state index in [1.807, 2.05) is 18.2 Å². The number of hydrogen-bond acceptors (Lipinski definition) is 2.